The number of hydrogen-bond acceptors (Lipinski definition) is 0. The van der Waals surface area contributed by atoms with Crippen molar-refractivity contribution in [3.63, 3.8) is 0 Å². The summed E-state index contributed by atoms with van der Waals surface area (Å²) in [6.45, 7) is 19.8. The Bertz CT molecular complexity index is 294. The van der Waals surface area contributed by atoms with Crippen LogP contribution in [0, 0.1) is 16.2 Å². The summed E-state index contributed by atoms with van der Waals surface area (Å²) in [5.74, 6) is 0. The van der Waals surface area contributed by atoms with Crippen LogP contribution in [0.3, 0.4) is 0 Å². The van der Waals surface area contributed by atoms with Gasteiger partial charge < -0.3 is 0 Å². The van der Waals surface area contributed by atoms with E-state index in [4.69, 9.17) is 0 Å². The molecule has 0 N–H and O–H groups in total. The van der Waals surface area contributed by atoms with Gasteiger partial charge in [-0.2, -0.15) is 0 Å². The lowest BCUT2D eigenvalue weighted by Crippen LogP contribution is -2.51. The smallest absolute Gasteiger partial charge is 0.0193 e. The molecule has 0 heterocycles. The van der Waals surface area contributed by atoms with E-state index in [2.05, 4.69) is 55.4 Å². The van der Waals surface area contributed by atoms with Gasteiger partial charge in [0.1, 0.15) is 0 Å². The standard InChI is InChI=1S/C23H48/c1-9-15-19-21(7,13-5)23(14-6,18-12-4)22(8,17-11-3)20-16-10-2/h9-20H2,1-8H3. The molecule has 0 aromatic rings. The fourth-order valence-electron chi connectivity index (χ4n) is 5.83. The zero-order valence-corrected chi connectivity index (χ0v) is 18.0. The third-order valence-corrected chi connectivity index (χ3v) is 7.34. The molecule has 0 aromatic carbocycles. The first-order chi connectivity index (χ1) is 10.9. The topological polar surface area (TPSA) is 0 Å². The molecule has 0 bridgehead atoms. The fourth-order valence-corrected chi connectivity index (χ4v) is 5.83. The van der Waals surface area contributed by atoms with Gasteiger partial charge in [0.15, 0.2) is 0 Å². The average molecular weight is 325 g/mol. The van der Waals surface area contributed by atoms with E-state index in [1.165, 1.54) is 77.0 Å². The maximum absolute atomic E-state index is 2.66. The third-order valence-electron chi connectivity index (χ3n) is 7.34. The summed E-state index contributed by atoms with van der Waals surface area (Å²) < 4.78 is 0. The van der Waals surface area contributed by atoms with Crippen molar-refractivity contribution < 1.29 is 0 Å². The van der Waals surface area contributed by atoms with Crippen molar-refractivity contribution in [3.8, 4) is 0 Å². The van der Waals surface area contributed by atoms with Crippen LogP contribution < -0.4 is 0 Å². The van der Waals surface area contributed by atoms with Crippen molar-refractivity contribution >= 4 is 0 Å². The number of hydrogen-bond donors (Lipinski definition) is 0. The molecule has 0 rings (SSSR count). The third kappa shape index (κ3) is 4.99. The van der Waals surface area contributed by atoms with Gasteiger partial charge in [-0.3, -0.25) is 0 Å². The van der Waals surface area contributed by atoms with E-state index in [0.717, 1.165) is 0 Å². The molecule has 0 spiro atoms. The lowest BCUT2D eigenvalue weighted by molar-refractivity contribution is -0.103. The van der Waals surface area contributed by atoms with Crippen LogP contribution in [0.1, 0.15) is 132 Å². The van der Waals surface area contributed by atoms with Gasteiger partial charge in [-0.05, 0) is 48.3 Å². The lowest BCUT2D eigenvalue weighted by Gasteiger charge is -2.60. The molecular weight excluding hydrogens is 276 g/mol. The number of unbranched alkanes of at least 4 members (excludes halogenated alkanes) is 2. The maximum Gasteiger partial charge on any atom is -0.0193 e. The average Bonchev–Trinajstić information content (AvgIpc) is 2.55. The molecule has 3 atom stereocenters. The highest BCUT2D eigenvalue weighted by Gasteiger charge is 2.54. The highest BCUT2D eigenvalue weighted by Crippen LogP contribution is 2.63. The van der Waals surface area contributed by atoms with Crippen LogP contribution >= 0.6 is 0 Å². The Kier molecular flexibility index (Phi) is 10.8. The quantitative estimate of drug-likeness (QED) is 0.299. The van der Waals surface area contributed by atoms with E-state index in [-0.39, 0.29) is 0 Å². The first-order valence-electron chi connectivity index (χ1n) is 10.9. The van der Waals surface area contributed by atoms with Crippen LogP contribution in [-0.4, -0.2) is 0 Å². The summed E-state index contributed by atoms with van der Waals surface area (Å²) in [6.07, 6.45) is 16.5. The highest BCUT2D eigenvalue weighted by atomic mass is 14.6. The second kappa shape index (κ2) is 10.8. The monoisotopic (exact) mass is 324 g/mol. The highest BCUT2D eigenvalue weighted by molar-refractivity contribution is 5.04. The molecule has 0 amide bonds. The molecule has 0 aliphatic carbocycles. The number of rotatable bonds is 14. The summed E-state index contributed by atoms with van der Waals surface area (Å²) in [7, 11) is 0. The van der Waals surface area contributed by atoms with Crippen molar-refractivity contribution in [2.45, 2.75) is 132 Å². The van der Waals surface area contributed by atoms with Gasteiger partial charge in [-0.1, -0.05) is 100 Å². The zero-order valence-electron chi connectivity index (χ0n) is 18.0. The molecule has 0 aliphatic rings. The van der Waals surface area contributed by atoms with Crippen LogP contribution in [0.15, 0.2) is 0 Å². The molecular formula is C23H48. The van der Waals surface area contributed by atoms with Crippen molar-refractivity contribution in [1.29, 1.82) is 0 Å². The molecule has 140 valence electrons. The van der Waals surface area contributed by atoms with E-state index in [9.17, 15) is 0 Å². The molecule has 0 fully saturated rings. The summed E-state index contributed by atoms with van der Waals surface area (Å²) in [6, 6.07) is 0. The predicted octanol–water partition coefficient (Wildman–Crippen LogP) is 8.79. The van der Waals surface area contributed by atoms with Crippen molar-refractivity contribution in [1.82, 2.24) is 0 Å². The summed E-state index contributed by atoms with van der Waals surface area (Å²) >= 11 is 0. The second-order valence-electron chi connectivity index (χ2n) is 8.62. The van der Waals surface area contributed by atoms with E-state index in [1.54, 1.807) is 0 Å². The van der Waals surface area contributed by atoms with Crippen molar-refractivity contribution in [2.24, 2.45) is 16.2 Å². The fraction of sp³-hybridized carbons (Fsp3) is 1.00. The SMILES string of the molecule is CCCCC(C)(CC)C(CC)(CCC)C(C)(CCC)CCCC. The summed E-state index contributed by atoms with van der Waals surface area (Å²) in [5, 5.41) is 0. The van der Waals surface area contributed by atoms with Gasteiger partial charge >= 0.3 is 0 Å². The molecule has 0 heteroatoms. The Hall–Kier alpha value is 0. The van der Waals surface area contributed by atoms with Crippen molar-refractivity contribution in [2.75, 3.05) is 0 Å². The van der Waals surface area contributed by atoms with Gasteiger partial charge in [-0.25, -0.2) is 0 Å². The van der Waals surface area contributed by atoms with Crippen LogP contribution in [0.5, 0.6) is 0 Å². The molecule has 3 unspecified atom stereocenters. The molecule has 23 heavy (non-hydrogen) atoms. The summed E-state index contributed by atoms with van der Waals surface area (Å²) in [4.78, 5) is 0. The first-order valence-corrected chi connectivity index (χ1v) is 10.9. The lowest BCUT2D eigenvalue weighted by atomic mass is 9.45. The van der Waals surface area contributed by atoms with Crippen LogP contribution in [0.4, 0.5) is 0 Å². The predicted molar refractivity (Wildman–Crippen MR) is 108 cm³/mol. The first kappa shape index (κ1) is 23.0. The molecule has 0 saturated heterocycles. The molecule has 0 aromatic heterocycles. The van der Waals surface area contributed by atoms with Crippen LogP contribution in [0.25, 0.3) is 0 Å². The Morgan fingerprint density at radius 2 is 0.957 bits per heavy atom. The van der Waals surface area contributed by atoms with Gasteiger partial charge in [0.2, 0.25) is 0 Å². The van der Waals surface area contributed by atoms with Crippen molar-refractivity contribution in [3.05, 3.63) is 0 Å². The Labute approximate surface area is 149 Å². The minimum atomic E-state index is 0.491. The Balaban J connectivity index is 5.97. The Morgan fingerprint density at radius 1 is 0.478 bits per heavy atom. The summed E-state index contributed by atoms with van der Waals surface area (Å²) in [5.41, 5.74) is 1.50. The minimum Gasteiger partial charge on any atom is -0.0654 e. The molecule has 0 saturated carbocycles. The molecule has 0 aliphatic heterocycles. The zero-order chi connectivity index (χ0) is 18.0. The van der Waals surface area contributed by atoms with E-state index >= 15 is 0 Å². The molecule has 0 nitrogen and oxygen atoms in total. The van der Waals surface area contributed by atoms with E-state index < -0.39 is 0 Å². The van der Waals surface area contributed by atoms with Gasteiger partial charge in [0, 0.05) is 0 Å². The Morgan fingerprint density at radius 3 is 1.30 bits per heavy atom. The van der Waals surface area contributed by atoms with Gasteiger partial charge in [0.25, 0.3) is 0 Å². The maximum atomic E-state index is 2.66. The van der Waals surface area contributed by atoms with E-state index in [1.807, 2.05) is 0 Å². The van der Waals surface area contributed by atoms with E-state index in [0.29, 0.717) is 16.2 Å². The second-order valence-corrected chi connectivity index (χ2v) is 8.62. The van der Waals surface area contributed by atoms with Gasteiger partial charge in [-0.15, -0.1) is 0 Å². The van der Waals surface area contributed by atoms with Crippen LogP contribution in [0.2, 0.25) is 0 Å². The normalized spacial score (nSPS) is 19.8. The van der Waals surface area contributed by atoms with Gasteiger partial charge in [0.05, 0.1) is 0 Å². The minimum absolute atomic E-state index is 0.491. The largest absolute Gasteiger partial charge is 0.0654 e. The molecule has 0 radical (unpaired) electrons. The van der Waals surface area contributed by atoms with Crippen LogP contribution in [-0.2, 0) is 0 Å².